The first-order chi connectivity index (χ1) is 14.9. The highest BCUT2D eigenvalue weighted by atomic mass is 16.3. The Hall–Kier alpha value is -3.32. The SMILES string of the molecule is Cc1ccc(-n2nc(C)c(NC(=O)CN3CCN(c4ccc(O)cc4)CC3)c2C)cc1. The number of piperazine rings is 1. The average Bonchev–Trinajstić information content (AvgIpc) is 3.04. The van der Waals surface area contributed by atoms with Gasteiger partial charge in [0.15, 0.2) is 0 Å². The van der Waals surface area contributed by atoms with Gasteiger partial charge in [0, 0.05) is 31.9 Å². The zero-order valence-electron chi connectivity index (χ0n) is 18.3. The van der Waals surface area contributed by atoms with Crippen LogP contribution in [0.5, 0.6) is 5.75 Å². The number of hydrogen-bond acceptors (Lipinski definition) is 5. The molecule has 0 atom stereocenters. The van der Waals surface area contributed by atoms with Crippen LogP contribution in [0, 0.1) is 20.8 Å². The first-order valence-corrected chi connectivity index (χ1v) is 10.6. The Kier molecular flexibility index (Phi) is 5.95. The molecule has 162 valence electrons. The van der Waals surface area contributed by atoms with Crippen molar-refractivity contribution in [3.05, 3.63) is 65.5 Å². The third-order valence-corrected chi connectivity index (χ3v) is 5.79. The molecule has 1 aliphatic rings. The van der Waals surface area contributed by atoms with Crippen LogP contribution < -0.4 is 10.2 Å². The van der Waals surface area contributed by atoms with Crippen LogP contribution in [0.15, 0.2) is 48.5 Å². The normalized spacial score (nSPS) is 14.6. The lowest BCUT2D eigenvalue weighted by molar-refractivity contribution is -0.117. The summed E-state index contributed by atoms with van der Waals surface area (Å²) in [6, 6.07) is 15.4. The number of carbonyl (C=O) groups is 1. The number of hydrogen-bond donors (Lipinski definition) is 2. The fraction of sp³-hybridized carbons (Fsp3) is 0.333. The molecule has 7 heteroatoms. The second kappa shape index (κ2) is 8.81. The Balaban J connectivity index is 1.35. The number of aryl methyl sites for hydroxylation is 2. The van der Waals surface area contributed by atoms with Crippen molar-refractivity contribution in [1.82, 2.24) is 14.7 Å². The fourth-order valence-electron chi connectivity index (χ4n) is 3.97. The van der Waals surface area contributed by atoms with Crippen molar-refractivity contribution in [3.63, 3.8) is 0 Å². The van der Waals surface area contributed by atoms with E-state index in [1.807, 2.05) is 42.8 Å². The lowest BCUT2D eigenvalue weighted by Gasteiger charge is -2.35. The van der Waals surface area contributed by atoms with Crippen molar-refractivity contribution in [2.45, 2.75) is 20.8 Å². The number of phenolic OH excluding ortho intramolecular Hbond substituents is 1. The van der Waals surface area contributed by atoms with Crippen molar-refractivity contribution < 1.29 is 9.90 Å². The van der Waals surface area contributed by atoms with Crippen LogP contribution in [0.4, 0.5) is 11.4 Å². The Morgan fingerprint density at radius 1 is 0.935 bits per heavy atom. The summed E-state index contributed by atoms with van der Waals surface area (Å²) in [4.78, 5) is 17.2. The number of phenols is 1. The molecule has 0 spiro atoms. The molecule has 1 fully saturated rings. The summed E-state index contributed by atoms with van der Waals surface area (Å²) in [7, 11) is 0. The van der Waals surface area contributed by atoms with Crippen molar-refractivity contribution in [3.8, 4) is 11.4 Å². The minimum atomic E-state index is -0.0206. The van der Waals surface area contributed by atoms with E-state index < -0.39 is 0 Å². The molecule has 1 aliphatic heterocycles. The average molecular weight is 420 g/mol. The Labute approximate surface area is 182 Å². The summed E-state index contributed by atoms with van der Waals surface area (Å²) in [5.74, 6) is 0.253. The summed E-state index contributed by atoms with van der Waals surface area (Å²) in [6.07, 6.45) is 0. The van der Waals surface area contributed by atoms with E-state index in [1.165, 1.54) is 5.56 Å². The Morgan fingerprint density at radius 2 is 1.55 bits per heavy atom. The number of nitrogens with zero attached hydrogens (tertiary/aromatic N) is 4. The van der Waals surface area contributed by atoms with Gasteiger partial charge in [-0.2, -0.15) is 5.10 Å². The highest BCUT2D eigenvalue weighted by molar-refractivity contribution is 5.93. The summed E-state index contributed by atoms with van der Waals surface area (Å²) >= 11 is 0. The van der Waals surface area contributed by atoms with E-state index >= 15 is 0 Å². The van der Waals surface area contributed by atoms with E-state index in [2.05, 4.69) is 39.3 Å². The standard InChI is InChI=1S/C24H29N5O2/c1-17-4-6-21(7-5-17)29-19(3)24(18(2)26-29)25-23(31)16-27-12-14-28(15-13-27)20-8-10-22(30)11-9-20/h4-11,30H,12-16H2,1-3H3,(H,25,31). The molecule has 1 saturated heterocycles. The Morgan fingerprint density at radius 3 is 2.19 bits per heavy atom. The minimum Gasteiger partial charge on any atom is -0.508 e. The number of rotatable bonds is 5. The van der Waals surface area contributed by atoms with E-state index in [9.17, 15) is 9.90 Å². The third kappa shape index (κ3) is 4.72. The number of carbonyl (C=O) groups excluding carboxylic acids is 1. The molecular weight excluding hydrogens is 390 g/mol. The summed E-state index contributed by atoms with van der Waals surface area (Å²) in [5, 5.41) is 17.2. The number of amides is 1. The first-order valence-electron chi connectivity index (χ1n) is 10.6. The van der Waals surface area contributed by atoms with Gasteiger partial charge in [0.1, 0.15) is 5.75 Å². The van der Waals surface area contributed by atoms with Gasteiger partial charge in [-0.1, -0.05) is 17.7 Å². The van der Waals surface area contributed by atoms with Crippen molar-refractivity contribution in [1.29, 1.82) is 0 Å². The van der Waals surface area contributed by atoms with Crippen molar-refractivity contribution >= 4 is 17.3 Å². The fourth-order valence-corrected chi connectivity index (χ4v) is 3.97. The van der Waals surface area contributed by atoms with E-state index in [4.69, 9.17) is 0 Å². The summed E-state index contributed by atoms with van der Waals surface area (Å²) < 4.78 is 1.88. The molecule has 31 heavy (non-hydrogen) atoms. The number of aromatic nitrogens is 2. The van der Waals surface area contributed by atoms with Gasteiger partial charge in [0.2, 0.25) is 5.91 Å². The maximum atomic E-state index is 12.7. The molecule has 3 aromatic rings. The predicted octanol–water partition coefficient (Wildman–Crippen LogP) is 3.26. The van der Waals surface area contributed by atoms with Crippen LogP contribution in [0.2, 0.25) is 0 Å². The van der Waals surface area contributed by atoms with Crippen LogP contribution in [-0.2, 0) is 4.79 Å². The number of benzene rings is 2. The van der Waals surface area contributed by atoms with Gasteiger partial charge in [-0.25, -0.2) is 4.68 Å². The largest absolute Gasteiger partial charge is 0.508 e. The van der Waals surface area contributed by atoms with Gasteiger partial charge < -0.3 is 15.3 Å². The van der Waals surface area contributed by atoms with Gasteiger partial charge >= 0.3 is 0 Å². The predicted molar refractivity (Wildman–Crippen MR) is 123 cm³/mol. The molecule has 0 aliphatic carbocycles. The second-order valence-electron chi connectivity index (χ2n) is 8.12. The van der Waals surface area contributed by atoms with Crippen LogP contribution in [0.25, 0.3) is 5.69 Å². The molecule has 7 nitrogen and oxygen atoms in total. The van der Waals surface area contributed by atoms with Crippen LogP contribution in [0.3, 0.4) is 0 Å². The highest BCUT2D eigenvalue weighted by Gasteiger charge is 2.21. The lowest BCUT2D eigenvalue weighted by Crippen LogP contribution is -2.48. The van der Waals surface area contributed by atoms with Gasteiger partial charge in [-0.3, -0.25) is 9.69 Å². The monoisotopic (exact) mass is 419 g/mol. The zero-order chi connectivity index (χ0) is 22.0. The highest BCUT2D eigenvalue weighted by Crippen LogP contribution is 2.23. The smallest absolute Gasteiger partial charge is 0.238 e. The lowest BCUT2D eigenvalue weighted by atomic mass is 10.2. The van der Waals surface area contributed by atoms with Gasteiger partial charge in [-0.15, -0.1) is 0 Å². The van der Waals surface area contributed by atoms with Crippen molar-refractivity contribution in [2.24, 2.45) is 0 Å². The topological polar surface area (TPSA) is 73.6 Å². The summed E-state index contributed by atoms with van der Waals surface area (Å²) in [5.41, 5.74) is 5.79. The summed E-state index contributed by atoms with van der Waals surface area (Å²) in [6.45, 7) is 9.64. The molecule has 4 rings (SSSR count). The van der Waals surface area contributed by atoms with E-state index in [0.717, 1.165) is 54.6 Å². The number of nitrogens with one attached hydrogen (secondary N) is 1. The quantitative estimate of drug-likeness (QED) is 0.664. The van der Waals surface area contributed by atoms with E-state index in [1.54, 1.807) is 12.1 Å². The number of aromatic hydroxyl groups is 1. The first kappa shape index (κ1) is 20.9. The second-order valence-corrected chi connectivity index (χ2v) is 8.12. The van der Waals surface area contributed by atoms with Crippen molar-refractivity contribution in [2.75, 3.05) is 42.9 Å². The molecule has 0 unspecified atom stereocenters. The van der Waals surface area contributed by atoms with Crippen LogP contribution in [0.1, 0.15) is 17.0 Å². The van der Waals surface area contributed by atoms with Gasteiger partial charge in [0.25, 0.3) is 0 Å². The van der Waals surface area contributed by atoms with Gasteiger partial charge in [-0.05, 0) is 57.2 Å². The maximum absolute atomic E-state index is 12.7. The third-order valence-electron chi connectivity index (χ3n) is 5.79. The molecule has 2 heterocycles. The molecule has 0 radical (unpaired) electrons. The Bertz CT molecular complexity index is 1050. The molecule has 2 N–H and O–H groups in total. The molecule has 1 aromatic heterocycles. The molecular formula is C24H29N5O2. The maximum Gasteiger partial charge on any atom is 0.238 e. The minimum absolute atomic E-state index is 0.0206. The molecule has 2 aromatic carbocycles. The number of anilines is 2. The van der Waals surface area contributed by atoms with E-state index in [0.29, 0.717) is 6.54 Å². The molecule has 0 bridgehead atoms. The van der Waals surface area contributed by atoms with Gasteiger partial charge in [0.05, 0.1) is 29.3 Å². The molecule has 0 saturated carbocycles. The van der Waals surface area contributed by atoms with E-state index in [-0.39, 0.29) is 11.7 Å². The molecule has 1 amide bonds. The van der Waals surface area contributed by atoms with Crippen LogP contribution in [-0.4, -0.2) is 58.4 Å². The zero-order valence-corrected chi connectivity index (χ0v) is 18.3. The van der Waals surface area contributed by atoms with Crippen LogP contribution >= 0.6 is 0 Å².